The van der Waals surface area contributed by atoms with Gasteiger partial charge in [0.2, 0.25) is 0 Å². The smallest absolute Gasteiger partial charge is 0.320 e. The largest absolute Gasteiger partial charge is 0.460 e. The predicted octanol–water partition coefficient (Wildman–Crippen LogP) is 3.34. The highest BCUT2D eigenvalue weighted by molar-refractivity contribution is 6.05. The summed E-state index contributed by atoms with van der Waals surface area (Å²) in [7, 11) is 0. The van der Waals surface area contributed by atoms with Gasteiger partial charge in [0, 0.05) is 13.1 Å². The van der Waals surface area contributed by atoms with Crippen LogP contribution in [0.15, 0.2) is 60.7 Å². The van der Waals surface area contributed by atoms with Crippen LogP contribution in [0, 0.1) is 5.41 Å². The second-order valence-electron chi connectivity index (χ2n) is 8.22. The van der Waals surface area contributed by atoms with Crippen LogP contribution < -0.4 is 0 Å². The van der Waals surface area contributed by atoms with E-state index in [1.165, 1.54) is 0 Å². The monoisotopic (exact) mass is 423 g/mol. The van der Waals surface area contributed by atoms with E-state index in [0.29, 0.717) is 45.6 Å². The van der Waals surface area contributed by atoms with Gasteiger partial charge in [0.25, 0.3) is 0 Å². The van der Waals surface area contributed by atoms with E-state index >= 15 is 0 Å². The number of hydrogen-bond acceptors (Lipinski definition) is 6. The minimum absolute atomic E-state index is 0.0780. The maximum Gasteiger partial charge on any atom is 0.320 e. The van der Waals surface area contributed by atoms with E-state index in [9.17, 15) is 9.59 Å². The molecule has 1 unspecified atom stereocenters. The molecule has 2 aliphatic rings. The van der Waals surface area contributed by atoms with Gasteiger partial charge in [0.1, 0.15) is 12.0 Å². The first-order valence-corrected chi connectivity index (χ1v) is 10.9. The van der Waals surface area contributed by atoms with Gasteiger partial charge in [-0.1, -0.05) is 60.7 Å². The van der Waals surface area contributed by atoms with Crippen LogP contribution >= 0.6 is 0 Å². The molecule has 2 heterocycles. The zero-order valence-corrected chi connectivity index (χ0v) is 17.7. The first-order valence-electron chi connectivity index (χ1n) is 10.9. The molecule has 1 atom stereocenters. The summed E-state index contributed by atoms with van der Waals surface area (Å²) in [6.45, 7) is 2.86. The van der Waals surface area contributed by atoms with Gasteiger partial charge in [-0.2, -0.15) is 0 Å². The summed E-state index contributed by atoms with van der Waals surface area (Å²) in [5.74, 6) is -0.510. The number of nitrogens with zero attached hydrogens (tertiary/aromatic N) is 1. The Labute approximate surface area is 183 Å². The van der Waals surface area contributed by atoms with E-state index < -0.39 is 11.4 Å². The Hall–Kier alpha value is -2.54. The maximum atomic E-state index is 13.4. The summed E-state index contributed by atoms with van der Waals surface area (Å²) in [5, 5.41) is 0. The highest BCUT2D eigenvalue weighted by Crippen LogP contribution is 2.37. The van der Waals surface area contributed by atoms with Crippen molar-refractivity contribution in [1.82, 2.24) is 4.90 Å². The zero-order valence-electron chi connectivity index (χ0n) is 17.7. The minimum atomic E-state index is -1.14. The SMILES string of the molecule is O=C1CN(Cc2ccccc2)CCC1(CCC1OCCO1)C(=O)OCc1ccccc1. The fourth-order valence-electron chi connectivity index (χ4n) is 4.28. The number of ketones is 1. The molecule has 4 rings (SSSR count). The van der Waals surface area contributed by atoms with Crippen molar-refractivity contribution < 1.29 is 23.8 Å². The summed E-state index contributed by atoms with van der Waals surface area (Å²) in [5.41, 5.74) is 0.918. The van der Waals surface area contributed by atoms with Gasteiger partial charge in [-0.05, 0) is 30.4 Å². The number of hydrogen-bond donors (Lipinski definition) is 0. The number of rotatable bonds is 8. The van der Waals surface area contributed by atoms with Crippen LogP contribution in [-0.2, 0) is 37.0 Å². The summed E-state index contributed by atoms with van der Waals surface area (Å²) in [6, 6.07) is 19.6. The van der Waals surface area contributed by atoms with Crippen LogP contribution in [0.5, 0.6) is 0 Å². The fraction of sp³-hybridized carbons (Fsp3) is 0.440. The minimum Gasteiger partial charge on any atom is -0.460 e. The van der Waals surface area contributed by atoms with Crippen molar-refractivity contribution in [3.8, 4) is 0 Å². The molecule has 2 fully saturated rings. The van der Waals surface area contributed by atoms with Crippen molar-refractivity contribution in [1.29, 1.82) is 0 Å². The van der Waals surface area contributed by atoms with Gasteiger partial charge >= 0.3 is 5.97 Å². The summed E-state index contributed by atoms with van der Waals surface area (Å²) in [6.07, 6.45) is 0.974. The molecule has 2 aromatic carbocycles. The molecule has 0 saturated carbocycles. The normalized spacial score (nSPS) is 22.5. The molecule has 31 heavy (non-hydrogen) atoms. The van der Waals surface area contributed by atoms with Gasteiger partial charge in [0.05, 0.1) is 19.8 Å². The van der Waals surface area contributed by atoms with Gasteiger partial charge in [0.15, 0.2) is 12.1 Å². The number of carbonyl (C=O) groups excluding carboxylic acids is 2. The lowest BCUT2D eigenvalue weighted by Crippen LogP contribution is -2.52. The Kier molecular flexibility index (Phi) is 7.12. The molecule has 0 radical (unpaired) electrons. The number of piperidine rings is 1. The topological polar surface area (TPSA) is 65.1 Å². The molecule has 0 spiro atoms. The van der Waals surface area contributed by atoms with Crippen molar-refractivity contribution in [3.63, 3.8) is 0 Å². The molecule has 6 nitrogen and oxygen atoms in total. The van der Waals surface area contributed by atoms with E-state index in [-0.39, 0.29) is 25.2 Å². The Morgan fingerprint density at radius 3 is 2.29 bits per heavy atom. The van der Waals surface area contributed by atoms with E-state index in [0.717, 1.165) is 11.1 Å². The molecular weight excluding hydrogens is 394 g/mol. The van der Waals surface area contributed by atoms with Gasteiger partial charge in [-0.25, -0.2) is 0 Å². The molecule has 2 saturated heterocycles. The standard InChI is InChI=1S/C25H29NO5/c27-22-18-26(17-20-7-3-1-4-8-20)14-13-25(22,12-11-23-29-15-16-30-23)24(28)31-19-21-9-5-2-6-10-21/h1-10,23H,11-19H2. The highest BCUT2D eigenvalue weighted by atomic mass is 16.7. The molecule has 164 valence electrons. The van der Waals surface area contributed by atoms with Crippen molar-refractivity contribution in [2.45, 2.75) is 38.7 Å². The quantitative estimate of drug-likeness (QED) is 0.479. The van der Waals surface area contributed by atoms with E-state index in [4.69, 9.17) is 14.2 Å². The number of carbonyl (C=O) groups is 2. The van der Waals surface area contributed by atoms with Crippen molar-refractivity contribution in [2.24, 2.45) is 5.41 Å². The average Bonchev–Trinajstić information content (AvgIpc) is 3.32. The van der Waals surface area contributed by atoms with Gasteiger partial charge in [-0.3, -0.25) is 14.5 Å². The Morgan fingerprint density at radius 1 is 1.00 bits per heavy atom. The molecule has 0 aliphatic carbocycles. The lowest BCUT2D eigenvalue weighted by atomic mass is 9.73. The van der Waals surface area contributed by atoms with E-state index in [2.05, 4.69) is 17.0 Å². The van der Waals surface area contributed by atoms with Crippen LogP contribution in [0.25, 0.3) is 0 Å². The van der Waals surface area contributed by atoms with E-state index in [1.807, 2.05) is 48.5 Å². The maximum absolute atomic E-state index is 13.4. The van der Waals surface area contributed by atoms with Crippen molar-refractivity contribution in [2.75, 3.05) is 26.3 Å². The number of ether oxygens (including phenoxy) is 3. The van der Waals surface area contributed by atoms with Gasteiger partial charge in [-0.15, -0.1) is 0 Å². The molecule has 0 amide bonds. The summed E-state index contributed by atoms with van der Waals surface area (Å²) >= 11 is 0. The Morgan fingerprint density at radius 2 is 1.65 bits per heavy atom. The third kappa shape index (κ3) is 5.39. The number of Topliss-reactive ketones (excluding diaryl/α,β-unsaturated/α-hetero) is 1. The predicted molar refractivity (Wildman–Crippen MR) is 115 cm³/mol. The van der Waals surface area contributed by atoms with Crippen molar-refractivity contribution >= 4 is 11.8 Å². The van der Waals surface area contributed by atoms with Gasteiger partial charge < -0.3 is 14.2 Å². The van der Waals surface area contributed by atoms with Crippen LogP contribution in [0.1, 0.15) is 30.4 Å². The lowest BCUT2D eigenvalue weighted by Gasteiger charge is -2.39. The molecular formula is C25H29NO5. The molecule has 2 aliphatic heterocycles. The second kappa shape index (κ2) is 10.2. The number of benzene rings is 2. The zero-order chi connectivity index (χ0) is 21.5. The third-order valence-corrected chi connectivity index (χ3v) is 6.11. The summed E-state index contributed by atoms with van der Waals surface area (Å²) < 4.78 is 16.7. The highest BCUT2D eigenvalue weighted by Gasteiger charge is 2.49. The molecule has 6 heteroatoms. The van der Waals surface area contributed by atoms with Crippen LogP contribution in [0.3, 0.4) is 0 Å². The summed E-state index contributed by atoms with van der Waals surface area (Å²) in [4.78, 5) is 28.7. The van der Waals surface area contributed by atoms with Crippen LogP contribution in [0.2, 0.25) is 0 Å². The molecule has 2 aromatic rings. The third-order valence-electron chi connectivity index (χ3n) is 6.11. The second-order valence-corrected chi connectivity index (χ2v) is 8.22. The van der Waals surface area contributed by atoms with Crippen molar-refractivity contribution in [3.05, 3.63) is 71.8 Å². The van der Waals surface area contributed by atoms with Crippen LogP contribution in [0.4, 0.5) is 0 Å². The Bertz CT molecular complexity index is 866. The fourth-order valence-corrected chi connectivity index (χ4v) is 4.28. The van der Waals surface area contributed by atoms with Crippen LogP contribution in [-0.4, -0.2) is 49.2 Å². The first-order chi connectivity index (χ1) is 15.2. The number of likely N-dealkylation sites (tertiary alicyclic amines) is 1. The lowest BCUT2D eigenvalue weighted by molar-refractivity contribution is -0.167. The number of esters is 1. The molecule has 0 N–H and O–H groups in total. The molecule has 0 bridgehead atoms. The van der Waals surface area contributed by atoms with E-state index in [1.54, 1.807) is 0 Å². The molecule has 0 aromatic heterocycles. The average molecular weight is 424 g/mol. The Balaban J connectivity index is 1.44. The first kappa shape index (κ1) is 21.7.